The zero-order valence-corrected chi connectivity index (χ0v) is 26.0. The predicted octanol–water partition coefficient (Wildman–Crippen LogP) is 6.89. The summed E-state index contributed by atoms with van der Waals surface area (Å²) in [5, 5.41) is 22.3. The van der Waals surface area contributed by atoms with Gasteiger partial charge in [-0.2, -0.15) is 5.26 Å². The number of nitrogens with zero attached hydrogens (tertiary/aromatic N) is 2. The highest BCUT2D eigenvalue weighted by Crippen LogP contribution is 2.30. The molecule has 0 radical (unpaired) electrons. The van der Waals surface area contributed by atoms with Crippen molar-refractivity contribution in [2.45, 2.75) is 31.5 Å². The van der Waals surface area contributed by atoms with Gasteiger partial charge < -0.3 is 19.7 Å². The van der Waals surface area contributed by atoms with E-state index in [4.69, 9.17) is 10.00 Å². The second-order valence-corrected chi connectivity index (χ2v) is 11.4. The number of nitriles is 1. The zero-order chi connectivity index (χ0) is 33.0. The fourth-order valence-electron chi connectivity index (χ4n) is 5.59. The molecule has 3 atom stereocenters. The number of esters is 1. The summed E-state index contributed by atoms with van der Waals surface area (Å²) in [6.07, 6.45) is 5.91. The van der Waals surface area contributed by atoms with Gasteiger partial charge in [0.2, 0.25) is 5.91 Å². The first kappa shape index (κ1) is 32.7. The van der Waals surface area contributed by atoms with E-state index >= 15 is 0 Å². The fourth-order valence-corrected chi connectivity index (χ4v) is 5.59. The van der Waals surface area contributed by atoms with Gasteiger partial charge >= 0.3 is 5.97 Å². The molecule has 0 bridgehead atoms. The highest BCUT2D eigenvalue weighted by molar-refractivity contribution is 5.87. The highest BCUT2D eigenvalue weighted by atomic mass is 16.5. The van der Waals surface area contributed by atoms with Gasteiger partial charge in [0.25, 0.3) is 0 Å². The van der Waals surface area contributed by atoms with Crippen molar-refractivity contribution in [1.29, 1.82) is 5.26 Å². The monoisotopic (exact) mass is 623 g/mol. The Kier molecular flexibility index (Phi) is 11.1. The van der Waals surface area contributed by atoms with Gasteiger partial charge in [0.05, 0.1) is 30.2 Å². The highest BCUT2D eigenvalue weighted by Gasteiger charge is 2.36. The molecule has 1 unspecified atom stereocenters. The van der Waals surface area contributed by atoms with E-state index < -0.39 is 29.9 Å². The van der Waals surface area contributed by atoms with Crippen molar-refractivity contribution in [2.24, 2.45) is 5.92 Å². The van der Waals surface area contributed by atoms with E-state index in [1.807, 2.05) is 109 Å². The zero-order valence-electron chi connectivity index (χ0n) is 26.0. The largest absolute Gasteiger partial charge is 0.461 e. The van der Waals surface area contributed by atoms with Crippen LogP contribution in [0, 0.1) is 17.2 Å². The van der Waals surface area contributed by atoms with Crippen molar-refractivity contribution in [1.82, 2.24) is 9.88 Å². The molecule has 7 nitrogen and oxygen atoms in total. The number of nitrogens with one attached hydrogen (secondary N) is 1. The molecule has 0 fully saturated rings. The number of rotatable bonds is 14. The Labute approximate surface area is 275 Å². The van der Waals surface area contributed by atoms with Gasteiger partial charge in [-0.05, 0) is 64.4 Å². The summed E-state index contributed by atoms with van der Waals surface area (Å²) < 4.78 is 7.48. The van der Waals surface area contributed by atoms with Gasteiger partial charge in [-0.25, -0.2) is 0 Å². The lowest BCUT2D eigenvalue weighted by Crippen LogP contribution is -2.46. The van der Waals surface area contributed by atoms with Crippen LogP contribution in [0.5, 0.6) is 0 Å². The van der Waals surface area contributed by atoms with E-state index in [1.165, 1.54) is 0 Å². The van der Waals surface area contributed by atoms with Crippen molar-refractivity contribution >= 4 is 11.9 Å². The number of aromatic nitrogens is 1. The van der Waals surface area contributed by atoms with E-state index in [-0.39, 0.29) is 19.6 Å². The molecule has 47 heavy (non-hydrogen) atoms. The second kappa shape index (κ2) is 16.0. The van der Waals surface area contributed by atoms with Crippen LogP contribution in [-0.2, 0) is 27.4 Å². The number of allylic oxidation sites excluding steroid dienone is 1. The number of amides is 1. The number of aliphatic hydroxyl groups excluding tert-OH is 1. The van der Waals surface area contributed by atoms with Crippen LogP contribution in [0.2, 0.25) is 0 Å². The summed E-state index contributed by atoms with van der Waals surface area (Å²) >= 11 is 0. The van der Waals surface area contributed by atoms with Crippen molar-refractivity contribution in [3.8, 4) is 28.3 Å². The van der Waals surface area contributed by atoms with Gasteiger partial charge in [0, 0.05) is 12.4 Å². The van der Waals surface area contributed by atoms with Crippen LogP contribution in [0.25, 0.3) is 22.3 Å². The van der Waals surface area contributed by atoms with Gasteiger partial charge in [-0.1, -0.05) is 103 Å². The Bertz CT molecular complexity index is 1810. The third kappa shape index (κ3) is 8.51. The molecular formula is C40H37N3O4. The van der Waals surface area contributed by atoms with E-state index in [1.54, 1.807) is 29.0 Å². The molecule has 4 aromatic carbocycles. The predicted molar refractivity (Wildman–Crippen MR) is 183 cm³/mol. The maximum absolute atomic E-state index is 14.1. The summed E-state index contributed by atoms with van der Waals surface area (Å²) in [6, 6.07) is 37.0. The Morgan fingerprint density at radius 2 is 1.40 bits per heavy atom. The molecule has 0 saturated carbocycles. The number of hydrogen-bond acceptors (Lipinski definition) is 5. The molecule has 1 aromatic heterocycles. The molecule has 0 aliphatic carbocycles. The van der Waals surface area contributed by atoms with Crippen molar-refractivity contribution in [3.05, 3.63) is 157 Å². The lowest BCUT2D eigenvalue weighted by atomic mass is 9.94. The number of hydrogen-bond donors (Lipinski definition) is 2. The summed E-state index contributed by atoms with van der Waals surface area (Å²) in [4.78, 5) is 27.7. The van der Waals surface area contributed by atoms with Gasteiger partial charge in [0.1, 0.15) is 12.6 Å². The van der Waals surface area contributed by atoms with Crippen LogP contribution in [0.1, 0.15) is 29.2 Å². The van der Waals surface area contributed by atoms with Gasteiger partial charge in [0.15, 0.2) is 0 Å². The summed E-state index contributed by atoms with van der Waals surface area (Å²) in [5.41, 5.74) is 6.23. The summed E-state index contributed by atoms with van der Waals surface area (Å²) in [5.74, 6) is -1.78. The first-order valence-electron chi connectivity index (χ1n) is 15.5. The topological polar surface area (TPSA) is 104 Å². The molecule has 1 heterocycles. The van der Waals surface area contributed by atoms with E-state index in [2.05, 4.69) is 18.0 Å². The molecule has 5 aromatic rings. The van der Waals surface area contributed by atoms with Crippen LogP contribution >= 0.6 is 0 Å². The number of benzene rings is 4. The van der Waals surface area contributed by atoms with Crippen LogP contribution in [0.3, 0.4) is 0 Å². The standard InChI is InChI=1S/C40H37N3O4/c1-2-9-37(40(46)47-28-31-12-7-4-8-13-31)38(39(45)42-36(27-44)24-29-10-5-3-6-11-29)43-23-22-35(26-43)34-20-18-33(19-21-34)32-16-14-30(25-41)15-17-32/h2-8,10-23,26,36-38,44H,1,9,24,27-28H2,(H,42,45)/t36-,37?,38+/m0/s1. The number of carbonyl (C=O) groups is 2. The van der Waals surface area contributed by atoms with Gasteiger partial charge in [-0.3, -0.25) is 9.59 Å². The average molecular weight is 624 g/mol. The molecule has 236 valence electrons. The third-order valence-electron chi connectivity index (χ3n) is 8.09. The molecular weight excluding hydrogens is 586 g/mol. The SMILES string of the molecule is C=CCC(C(=O)OCc1ccccc1)[C@H](C(=O)N[C@H](CO)Cc1ccccc1)n1ccc(-c2ccc(-c3ccc(C#N)cc3)cc2)c1. The Balaban J connectivity index is 1.42. The molecule has 0 saturated heterocycles. The molecule has 1 amide bonds. The Morgan fingerprint density at radius 1 is 0.830 bits per heavy atom. The van der Waals surface area contributed by atoms with E-state index in [0.29, 0.717) is 12.0 Å². The quantitative estimate of drug-likeness (QED) is 0.104. The van der Waals surface area contributed by atoms with Crippen LogP contribution in [0.4, 0.5) is 0 Å². The number of carbonyl (C=O) groups excluding carboxylic acids is 2. The van der Waals surface area contributed by atoms with Crippen molar-refractivity contribution < 1.29 is 19.4 Å². The number of ether oxygens (including phenoxy) is 1. The van der Waals surface area contributed by atoms with Crippen LogP contribution < -0.4 is 5.32 Å². The minimum Gasteiger partial charge on any atom is -0.461 e. The maximum Gasteiger partial charge on any atom is 0.312 e. The minimum absolute atomic E-state index is 0.0808. The van der Waals surface area contributed by atoms with Crippen LogP contribution in [0.15, 0.2) is 140 Å². The molecule has 7 heteroatoms. The maximum atomic E-state index is 14.1. The second-order valence-electron chi connectivity index (χ2n) is 11.4. The van der Waals surface area contributed by atoms with Gasteiger partial charge in [-0.15, -0.1) is 6.58 Å². The lowest BCUT2D eigenvalue weighted by molar-refractivity contribution is -0.154. The molecule has 0 spiro atoms. The minimum atomic E-state index is -0.965. The summed E-state index contributed by atoms with van der Waals surface area (Å²) in [6.45, 7) is 3.68. The third-order valence-corrected chi connectivity index (χ3v) is 8.09. The van der Waals surface area contributed by atoms with Crippen LogP contribution in [-0.4, -0.2) is 34.2 Å². The first-order chi connectivity index (χ1) is 23.0. The molecule has 2 N–H and O–H groups in total. The summed E-state index contributed by atoms with van der Waals surface area (Å²) in [7, 11) is 0. The van der Waals surface area contributed by atoms with Crippen molar-refractivity contribution in [2.75, 3.05) is 6.61 Å². The normalized spacial score (nSPS) is 12.7. The van der Waals surface area contributed by atoms with E-state index in [0.717, 1.165) is 33.4 Å². The average Bonchev–Trinajstić information content (AvgIpc) is 3.61. The molecule has 0 aliphatic heterocycles. The Morgan fingerprint density at radius 3 is 1.98 bits per heavy atom. The van der Waals surface area contributed by atoms with E-state index in [9.17, 15) is 14.7 Å². The number of aliphatic hydroxyl groups is 1. The molecule has 0 aliphatic rings. The van der Waals surface area contributed by atoms with Crippen molar-refractivity contribution in [3.63, 3.8) is 0 Å². The molecule has 5 rings (SSSR count). The fraction of sp³-hybridized carbons (Fsp3) is 0.175. The lowest BCUT2D eigenvalue weighted by Gasteiger charge is -2.28. The first-order valence-corrected chi connectivity index (χ1v) is 15.5. The Hall–Kier alpha value is -5.71. The smallest absolute Gasteiger partial charge is 0.312 e.